The minimum atomic E-state index is -0.324. The normalized spacial score (nSPS) is 26.5. The lowest BCUT2D eigenvalue weighted by molar-refractivity contribution is 0.317. The standard InChI is InChI=1S/C17H24F2N2/c1-10(2)17-8-20-15(12-4-5-12)9-21(17)16-7-13(18)11(3)6-14(16)19/h6-7,10,12,15,17,20H,4-5,8-9H2,1-3H3. The number of hydrogen-bond donors (Lipinski definition) is 1. The lowest BCUT2D eigenvalue weighted by atomic mass is 9.96. The summed E-state index contributed by atoms with van der Waals surface area (Å²) >= 11 is 0. The summed E-state index contributed by atoms with van der Waals surface area (Å²) in [5.41, 5.74) is 0.787. The number of nitrogens with zero attached hydrogens (tertiary/aromatic N) is 1. The maximum atomic E-state index is 14.4. The molecule has 1 aliphatic carbocycles. The second kappa shape index (κ2) is 5.56. The molecule has 1 aliphatic heterocycles. The molecule has 2 nitrogen and oxygen atoms in total. The fraction of sp³-hybridized carbons (Fsp3) is 0.647. The third-order valence-corrected chi connectivity index (χ3v) is 4.88. The van der Waals surface area contributed by atoms with Gasteiger partial charge in [0.2, 0.25) is 0 Å². The highest BCUT2D eigenvalue weighted by molar-refractivity contribution is 5.51. The van der Waals surface area contributed by atoms with Crippen LogP contribution >= 0.6 is 0 Å². The fourth-order valence-corrected chi connectivity index (χ4v) is 3.34. The Bertz CT molecular complexity index is 526. The first kappa shape index (κ1) is 14.8. The number of benzene rings is 1. The van der Waals surface area contributed by atoms with Crippen molar-refractivity contribution in [1.82, 2.24) is 5.32 Å². The number of nitrogens with one attached hydrogen (secondary N) is 1. The van der Waals surface area contributed by atoms with Crippen LogP contribution in [0.1, 0.15) is 32.3 Å². The van der Waals surface area contributed by atoms with Crippen molar-refractivity contribution in [2.45, 2.75) is 45.7 Å². The third-order valence-electron chi connectivity index (χ3n) is 4.88. The fourth-order valence-electron chi connectivity index (χ4n) is 3.34. The van der Waals surface area contributed by atoms with E-state index in [1.165, 1.54) is 25.0 Å². The molecule has 0 spiro atoms. The van der Waals surface area contributed by atoms with E-state index in [2.05, 4.69) is 24.1 Å². The second-order valence-electron chi connectivity index (χ2n) is 6.87. The summed E-state index contributed by atoms with van der Waals surface area (Å²) in [6.45, 7) is 7.49. The molecular formula is C17H24F2N2. The number of hydrogen-bond acceptors (Lipinski definition) is 2. The van der Waals surface area contributed by atoms with Crippen molar-refractivity contribution in [3.8, 4) is 0 Å². The van der Waals surface area contributed by atoms with Gasteiger partial charge in [-0.2, -0.15) is 0 Å². The van der Waals surface area contributed by atoms with E-state index in [9.17, 15) is 8.78 Å². The molecule has 0 bridgehead atoms. The molecule has 0 amide bonds. The summed E-state index contributed by atoms with van der Waals surface area (Å²) < 4.78 is 28.3. The van der Waals surface area contributed by atoms with Gasteiger partial charge in [-0.05, 0) is 43.2 Å². The van der Waals surface area contributed by atoms with Crippen molar-refractivity contribution in [3.63, 3.8) is 0 Å². The van der Waals surface area contributed by atoms with Gasteiger partial charge in [0.1, 0.15) is 11.6 Å². The molecule has 1 saturated heterocycles. The van der Waals surface area contributed by atoms with Crippen LogP contribution < -0.4 is 10.2 Å². The zero-order valence-corrected chi connectivity index (χ0v) is 13.0. The molecule has 3 rings (SSSR count). The molecule has 2 fully saturated rings. The zero-order chi connectivity index (χ0) is 15.1. The molecular weight excluding hydrogens is 270 g/mol. The maximum Gasteiger partial charge on any atom is 0.146 e. The Morgan fingerprint density at radius 2 is 1.90 bits per heavy atom. The summed E-state index contributed by atoms with van der Waals surface area (Å²) in [5.74, 6) is 0.465. The van der Waals surface area contributed by atoms with E-state index in [-0.39, 0.29) is 17.7 Å². The first-order valence-corrected chi connectivity index (χ1v) is 7.93. The van der Waals surface area contributed by atoms with Crippen LogP contribution in [0.25, 0.3) is 0 Å². The van der Waals surface area contributed by atoms with Gasteiger partial charge in [0.15, 0.2) is 0 Å². The van der Waals surface area contributed by atoms with E-state index in [1.807, 2.05) is 0 Å². The monoisotopic (exact) mass is 294 g/mol. The molecule has 1 saturated carbocycles. The van der Waals surface area contributed by atoms with Gasteiger partial charge >= 0.3 is 0 Å². The molecule has 2 atom stereocenters. The van der Waals surface area contributed by atoms with Crippen LogP contribution in [-0.2, 0) is 0 Å². The summed E-state index contributed by atoms with van der Waals surface area (Å²) in [5, 5.41) is 3.60. The molecule has 1 aromatic carbocycles. The smallest absolute Gasteiger partial charge is 0.146 e. The Morgan fingerprint density at radius 3 is 2.52 bits per heavy atom. The van der Waals surface area contributed by atoms with Crippen LogP contribution in [0.3, 0.4) is 0 Å². The van der Waals surface area contributed by atoms with Crippen LogP contribution in [0.15, 0.2) is 12.1 Å². The lowest BCUT2D eigenvalue weighted by Crippen LogP contribution is -2.59. The van der Waals surface area contributed by atoms with Gasteiger partial charge in [0, 0.05) is 31.2 Å². The van der Waals surface area contributed by atoms with Crippen molar-refractivity contribution < 1.29 is 8.78 Å². The van der Waals surface area contributed by atoms with E-state index in [1.54, 1.807) is 6.92 Å². The molecule has 21 heavy (non-hydrogen) atoms. The maximum absolute atomic E-state index is 14.4. The average Bonchev–Trinajstić information content (AvgIpc) is 3.26. The predicted molar refractivity (Wildman–Crippen MR) is 81.6 cm³/mol. The van der Waals surface area contributed by atoms with E-state index >= 15 is 0 Å². The van der Waals surface area contributed by atoms with Gasteiger partial charge in [-0.1, -0.05) is 13.8 Å². The minimum Gasteiger partial charge on any atom is -0.363 e. The van der Waals surface area contributed by atoms with Gasteiger partial charge in [-0.15, -0.1) is 0 Å². The van der Waals surface area contributed by atoms with Crippen LogP contribution in [0.5, 0.6) is 0 Å². The first-order valence-electron chi connectivity index (χ1n) is 7.93. The van der Waals surface area contributed by atoms with Crippen molar-refractivity contribution >= 4 is 5.69 Å². The lowest BCUT2D eigenvalue weighted by Gasteiger charge is -2.44. The summed E-state index contributed by atoms with van der Waals surface area (Å²) in [4.78, 5) is 2.09. The Hall–Kier alpha value is -1.16. The summed E-state index contributed by atoms with van der Waals surface area (Å²) in [7, 11) is 0. The van der Waals surface area contributed by atoms with Crippen LogP contribution in [-0.4, -0.2) is 25.2 Å². The van der Waals surface area contributed by atoms with E-state index in [0.29, 0.717) is 29.1 Å². The number of anilines is 1. The molecule has 0 aromatic heterocycles. The quantitative estimate of drug-likeness (QED) is 0.918. The minimum absolute atomic E-state index is 0.205. The van der Waals surface area contributed by atoms with Crippen molar-refractivity contribution in [2.75, 3.05) is 18.0 Å². The van der Waals surface area contributed by atoms with Gasteiger partial charge in [0.05, 0.1) is 5.69 Å². The Labute approximate surface area is 125 Å². The second-order valence-corrected chi connectivity index (χ2v) is 6.87. The highest BCUT2D eigenvalue weighted by Crippen LogP contribution is 2.37. The van der Waals surface area contributed by atoms with E-state index in [0.717, 1.165) is 13.1 Å². The van der Waals surface area contributed by atoms with Gasteiger partial charge in [-0.25, -0.2) is 8.78 Å². The molecule has 1 heterocycles. The first-order chi connectivity index (χ1) is 9.97. The molecule has 2 unspecified atom stereocenters. The van der Waals surface area contributed by atoms with Crippen molar-refractivity contribution in [3.05, 3.63) is 29.3 Å². The SMILES string of the molecule is Cc1cc(F)c(N2CC(C3CC3)NCC2C(C)C)cc1F. The largest absolute Gasteiger partial charge is 0.363 e. The van der Waals surface area contributed by atoms with Gasteiger partial charge in [-0.3, -0.25) is 0 Å². The Balaban J connectivity index is 1.92. The summed E-state index contributed by atoms with van der Waals surface area (Å²) in [6.07, 6.45) is 2.51. The molecule has 116 valence electrons. The number of piperazine rings is 1. The highest BCUT2D eigenvalue weighted by Gasteiger charge is 2.38. The zero-order valence-electron chi connectivity index (χ0n) is 13.0. The predicted octanol–water partition coefficient (Wildman–Crippen LogP) is 3.49. The average molecular weight is 294 g/mol. The van der Waals surface area contributed by atoms with Crippen molar-refractivity contribution in [2.24, 2.45) is 11.8 Å². The Kier molecular flexibility index (Phi) is 3.91. The number of aryl methyl sites for hydroxylation is 1. The molecule has 4 heteroatoms. The highest BCUT2D eigenvalue weighted by atomic mass is 19.1. The topological polar surface area (TPSA) is 15.3 Å². The Morgan fingerprint density at radius 1 is 1.19 bits per heavy atom. The molecule has 2 aliphatic rings. The van der Waals surface area contributed by atoms with Gasteiger partial charge < -0.3 is 10.2 Å². The molecule has 0 radical (unpaired) electrons. The third kappa shape index (κ3) is 2.91. The van der Waals surface area contributed by atoms with Crippen LogP contribution in [0.2, 0.25) is 0 Å². The van der Waals surface area contributed by atoms with Crippen LogP contribution in [0.4, 0.5) is 14.5 Å². The van der Waals surface area contributed by atoms with E-state index in [4.69, 9.17) is 0 Å². The van der Waals surface area contributed by atoms with Gasteiger partial charge in [0.25, 0.3) is 0 Å². The molecule has 1 N–H and O–H groups in total. The number of halogens is 2. The number of rotatable bonds is 3. The summed E-state index contributed by atoms with van der Waals surface area (Å²) in [6, 6.07) is 3.30. The van der Waals surface area contributed by atoms with E-state index < -0.39 is 0 Å². The van der Waals surface area contributed by atoms with Crippen LogP contribution in [0, 0.1) is 30.4 Å². The molecule has 1 aromatic rings. The van der Waals surface area contributed by atoms with Crippen molar-refractivity contribution in [1.29, 1.82) is 0 Å².